The summed E-state index contributed by atoms with van der Waals surface area (Å²) in [6.07, 6.45) is -2.20. The van der Waals surface area contributed by atoms with E-state index in [-0.39, 0.29) is 17.5 Å². The summed E-state index contributed by atoms with van der Waals surface area (Å²) in [5.41, 5.74) is 6.14. The number of hydrogen-bond acceptors (Lipinski definition) is 6. The number of fused-ring (bicyclic) bond motifs is 2. The number of amides is 2. The first-order chi connectivity index (χ1) is 16.3. The normalized spacial score (nSPS) is 15.1. The Kier molecular flexibility index (Phi) is 5.30. The molecule has 34 heavy (non-hydrogen) atoms. The summed E-state index contributed by atoms with van der Waals surface area (Å²) in [6, 6.07) is 10.3. The fraction of sp³-hybridized carbons (Fsp3) is 0.286. The molecule has 4 heterocycles. The van der Waals surface area contributed by atoms with Gasteiger partial charge in [0.15, 0.2) is 5.65 Å². The maximum atomic E-state index is 13.1. The molecule has 0 spiro atoms. The molecule has 1 aliphatic heterocycles. The van der Waals surface area contributed by atoms with E-state index in [0.717, 1.165) is 10.9 Å². The summed E-state index contributed by atoms with van der Waals surface area (Å²) in [6.45, 7) is 0.826. The van der Waals surface area contributed by atoms with Crippen molar-refractivity contribution in [2.45, 2.75) is 19.0 Å². The second-order valence-corrected chi connectivity index (χ2v) is 7.94. The van der Waals surface area contributed by atoms with Crippen LogP contribution in [0.3, 0.4) is 0 Å². The summed E-state index contributed by atoms with van der Waals surface area (Å²) < 4.78 is 40.0. The van der Waals surface area contributed by atoms with Crippen LogP contribution in [0.5, 0.6) is 0 Å². The lowest BCUT2D eigenvalue weighted by atomic mass is 9.96. The van der Waals surface area contributed by atoms with E-state index in [4.69, 9.17) is 0 Å². The number of nitrogens with one attached hydrogen (secondary N) is 3. The van der Waals surface area contributed by atoms with Crippen LogP contribution in [0.2, 0.25) is 0 Å². The van der Waals surface area contributed by atoms with Crippen LogP contribution in [-0.4, -0.2) is 49.7 Å². The van der Waals surface area contributed by atoms with Crippen molar-refractivity contribution in [1.29, 1.82) is 0 Å². The van der Waals surface area contributed by atoms with Crippen LogP contribution in [0.1, 0.15) is 29.0 Å². The lowest BCUT2D eigenvalue weighted by molar-refractivity contribution is -0.146. The van der Waals surface area contributed by atoms with Crippen molar-refractivity contribution >= 4 is 34.2 Å². The lowest BCUT2D eigenvalue weighted by Gasteiger charge is -2.32. The highest BCUT2D eigenvalue weighted by Crippen LogP contribution is 2.28. The second-order valence-electron chi connectivity index (χ2n) is 7.94. The number of carbonyl (C=O) groups is 2. The van der Waals surface area contributed by atoms with Crippen molar-refractivity contribution in [3.05, 3.63) is 54.0 Å². The van der Waals surface area contributed by atoms with Gasteiger partial charge in [0.25, 0.3) is 11.7 Å². The average Bonchev–Trinajstić information content (AvgIpc) is 3.46. The molecule has 0 atom stereocenters. The zero-order valence-electron chi connectivity index (χ0n) is 17.6. The van der Waals surface area contributed by atoms with Gasteiger partial charge in [-0.2, -0.15) is 17.7 Å². The van der Waals surface area contributed by atoms with Gasteiger partial charge in [-0.3, -0.25) is 20.4 Å². The molecule has 0 bridgehead atoms. The Morgan fingerprint density at radius 2 is 1.79 bits per heavy atom. The van der Waals surface area contributed by atoms with Crippen molar-refractivity contribution < 1.29 is 22.8 Å². The number of aromatic nitrogens is 5. The van der Waals surface area contributed by atoms with Gasteiger partial charge in [0.2, 0.25) is 5.91 Å². The third-order valence-corrected chi connectivity index (χ3v) is 5.83. The van der Waals surface area contributed by atoms with Crippen LogP contribution in [-0.2, 0) is 11.0 Å². The standard InChI is InChI=1S/C21H19F3N8O2/c22-21(23,24)20-29-26-16-5-6-17(30-32(16)20)31-9-7-12(8-10-31)18(33)27-28-19(34)14-11-25-15-4-2-1-3-13(14)15/h1-6,11-12,25H,7-10H2,(H,27,33)(H,28,34). The first-order valence-electron chi connectivity index (χ1n) is 10.5. The Balaban J connectivity index is 1.19. The molecular weight excluding hydrogens is 453 g/mol. The number of nitrogens with zero attached hydrogens (tertiary/aromatic N) is 5. The van der Waals surface area contributed by atoms with E-state index >= 15 is 0 Å². The molecular formula is C21H19F3N8O2. The van der Waals surface area contributed by atoms with Crippen molar-refractivity contribution in [2.24, 2.45) is 5.92 Å². The fourth-order valence-electron chi connectivity index (χ4n) is 4.04. The van der Waals surface area contributed by atoms with Crippen LogP contribution < -0.4 is 15.8 Å². The number of H-pyrrole nitrogens is 1. The monoisotopic (exact) mass is 472 g/mol. The molecule has 1 saturated heterocycles. The average molecular weight is 472 g/mol. The minimum Gasteiger partial charge on any atom is -0.360 e. The molecule has 0 radical (unpaired) electrons. The summed E-state index contributed by atoms with van der Waals surface area (Å²) in [4.78, 5) is 29.8. The topological polar surface area (TPSA) is 120 Å². The number of hydrogen-bond donors (Lipinski definition) is 3. The molecule has 0 unspecified atom stereocenters. The van der Waals surface area contributed by atoms with Gasteiger partial charge in [-0.15, -0.1) is 15.3 Å². The maximum Gasteiger partial charge on any atom is 0.453 e. The molecule has 3 aromatic heterocycles. The quantitative estimate of drug-likeness (QED) is 0.394. The van der Waals surface area contributed by atoms with Crippen LogP contribution >= 0.6 is 0 Å². The number of rotatable bonds is 3. The molecule has 1 aromatic carbocycles. The van der Waals surface area contributed by atoms with Gasteiger partial charge in [-0.25, -0.2) is 0 Å². The summed E-state index contributed by atoms with van der Waals surface area (Å²) in [7, 11) is 0. The largest absolute Gasteiger partial charge is 0.453 e. The van der Waals surface area contributed by atoms with E-state index in [9.17, 15) is 22.8 Å². The number of aromatic amines is 1. The number of anilines is 1. The predicted octanol–water partition coefficient (Wildman–Crippen LogP) is 2.30. The highest BCUT2D eigenvalue weighted by molar-refractivity contribution is 6.07. The number of carbonyl (C=O) groups excluding carboxylic acids is 2. The van der Waals surface area contributed by atoms with E-state index in [0.29, 0.717) is 41.8 Å². The summed E-state index contributed by atoms with van der Waals surface area (Å²) >= 11 is 0. The number of para-hydroxylation sites is 1. The Hall–Kier alpha value is -4.16. The van der Waals surface area contributed by atoms with Gasteiger partial charge in [0.1, 0.15) is 5.82 Å². The Morgan fingerprint density at radius 3 is 2.56 bits per heavy atom. The SMILES string of the molecule is O=C(NNC(=O)C1CCN(c2ccc3nnc(C(F)(F)F)n3n2)CC1)c1c[nH]c2ccccc12. The third-order valence-electron chi connectivity index (χ3n) is 5.83. The molecule has 10 nitrogen and oxygen atoms in total. The number of alkyl halides is 3. The molecule has 1 aliphatic rings. The molecule has 2 amide bonds. The van der Waals surface area contributed by atoms with Crippen LogP contribution in [0.15, 0.2) is 42.6 Å². The maximum absolute atomic E-state index is 13.1. The molecule has 4 aromatic rings. The smallest absolute Gasteiger partial charge is 0.360 e. The molecule has 176 valence electrons. The Morgan fingerprint density at radius 1 is 1.03 bits per heavy atom. The van der Waals surface area contributed by atoms with Gasteiger partial charge in [-0.1, -0.05) is 18.2 Å². The molecule has 5 rings (SSSR count). The molecule has 0 saturated carbocycles. The third kappa shape index (κ3) is 4.00. The van der Waals surface area contributed by atoms with E-state index in [1.807, 2.05) is 18.2 Å². The van der Waals surface area contributed by atoms with E-state index < -0.39 is 17.9 Å². The van der Waals surface area contributed by atoms with Crippen molar-refractivity contribution in [1.82, 2.24) is 35.6 Å². The molecule has 1 fully saturated rings. The number of benzene rings is 1. The molecule has 13 heteroatoms. The Labute approximate surface area is 190 Å². The lowest BCUT2D eigenvalue weighted by Crippen LogP contribution is -2.47. The van der Waals surface area contributed by atoms with Gasteiger partial charge < -0.3 is 9.88 Å². The number of piperidine rings is 1. The van der Waals surface area contributed by atoms with Gasteiger partial charge >= 0.3 is 6.18 Å². The zero-order chi connectivity index (χ0) is 23.9. The van der Waals surface area contributed by atoms with Crippen LogP contribution in [0.25, 0.3) is 16.6 Å². The number of halogens is 3. The highest BCUT2D eigenvalue weighted by atomic mass is 19.4. The second kappa shape index (κ2) is 8.32. The first kappa shape index (κ1) is 21.7. The van der Waals surface area contributed by atoms with Crippen LogP contribution in [0, 0.1) is 5.92 Å². The molecule has 0 aliphatic carbocycles. The van der Waals surface area contributed by atoms with Crippen molar-refractivity contribution in [2.75, 3.05) is 18.0 Å². The zero-order valence-corrected chi connectivity index (χ0v) is 17.6. The van der Waals surface area contributed by atoms with Crippen LogP contribution in [0.4, 0.5) is 19.0 Å². The summed E-state index contributed by atoms with van der Waals surface area (Å²) in [5, 5.41) is 11.5. The van der Waals surface area contributed by atoms with E-state index in [2.05, 4.69) is 31.1 Å². The van der Waals surface area contributed by atoms with Crippen molar-refractivity contribution in [3.8, 4) is 0 Å². The summed E-state index contributed by atoms with van der Waals surface area (Å²) in [5.74, 6) is -1.97. The van der Waals surface area contributed by atoms with Gasteiger partial charge in [0, 0.05) is 36.1 Å². The molecule has 3 N–H and O–H groups in total. The highest BCUT2D eigenvalue weighted by Gasteiger charge is 2.38. The fourth-order valence-corrected chi connectivity index (χ4v) is 4.04. The first-order valence-corrected chi connectivity index (χ1v) is 10.5. The Bertz CT molecular complexity index is 1370. The van der Waals surface area contributed by atoms with Crippen molar-refractivity contribution in [3.63, 3.8) is 0 Å². The van der Waals surface area contributed by atoms with Gasteiger partial charge in [-0.05, 0) is 31.0 Å². The minimum atomic E-state index is -4.67. The van der Waals surface area contributed by atoms with Gasteiger partial charge in [0.05, 0.1) is 5.56 Å². The minimum absolute atomic E-state index is 0.00344. The predicted molar refractivity (Wildman–Crippen MR) is 115 cm³/mol. The van der Waals surface area contributed by atoms with E-state index in [1.165, 1.54) is 6.07 Å². The van der Waals surface area contributed by atoms with E-state index in [1.54, 1.807) is 23.2 Å². The number of hydrazine groups is 1.